The average molecular weight is 342 g/mol. The molecule has 0 bridgehead atoms. The van der Waals surface area contributed by atoms with E-state index in [-0.39, 0.29) is 30.9 Å². The predicted molar refractivity (Wildman–Crippen MR) is 88.2 cm³/mol. The number of benzene rings is 1. The van der Waals surface area contributed by atoms with Gasteiger partial charge in [0, 0.05) is 31.8 Å². The minimum atomic E-state index is -0.363. The standard InChI is InChI=1S/C18H18N2O5/c1-19(10-14-3-2-6-23-14)18(22)12-7-17(21)20(9-12)13-4-5-15-16(8-13)25-11-24-15/h2-6,8,12H,7,9-11H2,1H3/t12-/m1/s1. The van der Waals surface area contributed by atoms with Crippen LogP contribution in [0.25, 0.3) is 0 Å². The van der Waals surface area contributed by atoms with Crippen molar-refractivity contribution in [2.45, 2.75) is 13.0 Å². The molecule has 25 heavy (non-hydrogen) atoms. The molecule has 1 aromatic carbocycles. The summed E-state index contributed by atoms with van der Waals surface area (Å²) in [5, 5.41) is 0. The second-order valence-electron chi connectivity index (χ2n) is 6.22. The minimum Gasteiger partial charge on any atom is -0.467 e. The Balaban J connectivity index is 1.45. The van der Waals surface area contributed by atoms with E-state index < -0.39 is 0 Å². The molecule has 1 saturated heterocycles. The highest BCUT2D eigenvalue weighted by molar-refractivity contribution is 6.00. The second kappa shape index (κ2) is 6.16. The van der Waals surface area contributed by atoms with Crippen LogP contribution in [0.2, 0.25) is 0 Å². The zero-order chi connectivity index (χ0) is 17.4. The highest BCUT2D eigenvalue weighted by Gasteiger charge is 2.37. The van der Waals surface area contributed by atoms with Crippen molar-refractivity contribution in [2.24, 2.45) is 5.92 Å². The molecule has 2 amide bonds. The lowest BCUT2D eigenvalue weighted by Gasteiger charge is -2.20. The van der Waals surface area contributed by atoms with Gasteiger partial charge in [0.25, 0.3) is 0 Å². The lowest BCUT2D eigenvalue weighted by atomic mass is 10.1. The fourth-order valence-corrected chi connectivity index (χ4v) is 3.20. The summed E-state index contributed by atoms with van der Waals surface area (Å²) in [5.41, 5.74) is 0.721. The molecule has 0 unspecified atom stereocenters. The first-order chi connectivity index (χ1) is 12.1. The minimum absolute atomic E-state index is 0.0620. The van der Waals surface area contributed by atoms with Crippen LogP contribution < -0.4 is 14.4 Å². The molecule has 4 rings (SSSR count). The highest BCUT2D eigenvalue weighted by Crippen LogP contribution is 2.37. The van der Waals surface area contributed by atoms with E-state index in [9.17, 15) is 9.59 Å². The Kier molecular flexibility index (Phi) is 3.83. The number of furan rings is 1. The van der Waals surface area contributed by atoms with E-state index in [1.165, 1.54) is 0 Å². The van der Waals surface area contributed by atoms with Crippen molar-refractivity contribution < 1.29 is 23.5 Å². The van der Waals surface area contributed by atoms with Gasteiger partial charge < -0.3 is 23.7 Å². The summed E-state index contributed by atoms with van der Waals surface area (Å²) in [6, 6.07) is 8.98. The van der Waals surface area contributed by atoms with Gasteiger partial charge in [-0.1, -0.05) is 0 Å². The third-order valence-electron chi connectivity index (χ3n) is 4.49. The first-order valence-corrected chi connectivity index (χ1v) is 8.09. The Morgan fingerprint density at radius 1 is 1.28 bits per heavy atom. The van der Waals surface area contributed by atoms with Crippen LogP contribution in [0.15, 0.2) is 41.0 Å². The highest BCUT2D eigenvalue weighted by atomic mass is 16.7. The van der Waals surface area contributed by atoms with Gasteiger partial charge in [-0.3, -0.25) is 9.59 Å². The molecule has 1 atom stereocenters. The SMILES string of the molecule is CN(Cc1ccco1)C(=O)[C@@H]1CC(=O)N(c2ccc3c(c2)OCO3)C1. The number of fused-ring (bicyclic) bond motifs is 1. The van der Waals surface area contributed by atoms with Gasteiger partial charge in [0.1, 0.15) is 5.76 Å². The maximum atomic E-state index is 12.6. The largest absolute Gasteiger partial charge is 0.467 e. The number of anilines is 1. The van der Waals surface area contributed by atoms with Crippen LogP contribution >= 0.6 is 0 Å². The van der Waals surface area contributed by atoms with Crippen molar-refractivity contribution in [3.8, 4) is 11.5 Å². The van der Waals surface area contributed by atoms with Crippen molar-refractivity contribution >= 4 is 17.5 Å². The van der Waals surface area contributed by atoms with Gasteiger partial charge in [0.15, 0.2) is 11.5 Å². The second-order valence-corrected chi connectivity index (χ2v) is 6.22. The summed E-state index contributed by atoms with van der Waals surface area (Å²) < 4.78 is 15.9. The zero-order valence-corrected chi connectivity index (χ0v) is 13.8. The molecule has 0 radical (unpaired) electrons. The smallest absolute Gasteiger partial charge is 0.231 e. The number of hydrogen-bond donors (Lipinski definition) is 0. The molecule has 0 spiro atoms. The maximum Gasteiger partial charge on any atom is 0.231 e. The molecule has 130 valence electrons. The Morgan fingerprint density at radius 3 is 2.92 bits per heavy atom. The molecule has 3 heterocycles. The topological polar surface area (TPSA) is 72.2 Å². The van der Waals surface area contributed by atoms with Crippen LogP contribution in [-0.2, 0) is 16.1 Å². The van der Waals surface area contributed by atoms with Crippen LogP contribution in [0, 0.1) is 5.92 Å². The summed E-state index contributed by atoms with van der Waals surface area (Å²) in [6.45, 7) is 0.936. The number of ether oxygens (including phenoxy) is 2. The van der Waals surface area contributed by atoms with Crippen molar-refractivity contribution in [3.63, 3.8) is 0 Å². The van der Waals surface area contributed by atoms with Crippen molar-refractivity contribution in [1.29, 1.82) is 0 Å². The van der Waals surface area contributed by atoms with E-state index in [0.29, 0.717) is 30.3 Å². The third kappa shape index (κ3) is 2.93. The van der Waals surface area contributed by atoms with E-state index in [2.05, 4.69) is 0 Å². The summed E-state index contributed by atoms with van der Waals surface area (Å²) in [6.07, 6.45) is 1.78. The lowest BCUT2D eigenvalue weighted by molar-refractivity contribution is -0.135. The first kappa shape index (κ1) is 15.6. The summed E-state index contributed by atoms with van der Waals surface area (Å²) >= 11 is 0. The normalized spacial score (nSPS) is 18.7. The number of hydrogen-bond acceptors (Lipinski definition) is 5. The molecular formula is C18H18N2O5. The van der Waals surface area contributed by atoms with Crippen molar-refractivity contribution in [1.82, 2.24) is 4.90 Å². The number of carbonyl (C=O) groups is 2. The monoisotopic (exact) mass is 342 g/mol. The van der Waals surface area contributed by atoms with E-state index in [0.717, 1.165) is 5.69 Å². The first-order valence-electron chi connectivity index (χ1n) is 8.09. The summed E-state index contributed by atoms with van der Waals surface area (Å²) in [4.78, 5) is 28.3. The molecule has 2 aliphatic heterocycles. The van der Waals surface area contributed by atoms with E-state index in [4.69, 9.17) is 13.9 Å². The van der Waals surface area contributed by atoms with Crippen LogP contribution in [-0.4, -0.2) is 37.1 Å². The molecule has 2 aromatic rings. The predicted octanol–water partition coefficient (Wildman–Crippen LogP) is 2.02. The van der Waals surface area contributed by atoms with Gasteiger partial charge in [-0.15, -0.1) is 0 Å². The number of amides is 2. The number of rotatable bonds is 4. The van der Waals surface area contributed by atoms with E-state index in [1.807, 2.05) is 12.1 Å². The van der Waals surface area contributed by atoms with Crippen molar-refractivity contribution in [3.05, 3.63) is 42.4 Å². The van der Waals surface area contributed by atoms with E-state index in [1.54, 1.807) is 41.3 Å². The Hall–Kier alpha value is -2.96. The lowest BCUT2D eigenvalue weighted by Crippen LogP contribution is -2.34. The molecule has 7 nitrogen and oxygen atoms in total. The molecule has 0 saturated carbocycles. The molecular weight excluding hydrogens is 324 g/mol. The third-order valence-corrected chi connectivity index (χ3v) is 4.49. The Labute approximate surface area is 144 Å². The maximum absolute atomic E-state index is 12.6. The van der Waals surface area contributed by atoms with Crippen molar-refractivity contribution in [2.75, 3.05) is 25.3 Å². The van der Waals surface area contributed by atoms with Gasteiger partial charge in [0.2, 0.25) is 18.6 Å². The summed E-state index contributed by atoms with van der Waals surface area (Å²) in [5.74, 6) is 1.51. The van der Waals surface area contributed by atoms with Gasteiger partial charge in [-0.2, -0.15) is 0 Å². The van der Waals surface area contributed by atoms with Gasteiger partial charge in [0.05, 0.1) is 18.7 Å². The molecule has 0 N–H and O–H groups in total. The zero-order valence-electron chi connectivity index (χ0n) is 13.8. The number of nitrogens with zero attached hydrogens (tertiary/aromatic N) is 2. The van der Waals surface area contributed by atoms with Crippen LogP contribution in [0.1, 0.15) is 12.2 Å². The van der Waals surface area contributed by atoms with Crippen LogP contribution in [0.4, 0.5) is 5.69 Å². The Morgan fingerprint density at radius 2 is 2.12 bits per heavy atom. The molecule has 2 aliphatic rings. The van der Waals surface area contributed by atoms with Crippen LogP contribution in [0.5, 0.6) is 11.5 Å². The van der Waals surface area contributed by atoms with E-state index >= 15 is 0 Å². The van der Waals surface area contributed by atoms with Crippen LogP contribution in [0.3, 0.4) is 0 Å². The van der Waals surface area contributed by atoms with Gasteiger partial charge in [-0.05, 0) is 24.3 Å². The molecule has 7 heteroatoms. The van der Waals surface area contributed by atoms with Gasteiger partial charge >= 0.3 is 0 Å². The Bertz CT molecular complexity index is 802. The molecule has 0 aliphatic carbocycles. The fourth-order valence-electron chi connectivity index (χ4n) is 3.20. The molecule has 1 fully saturated rings. The average Bonchev–Trinajstić information content (AvgIpc) is 3.33. The molecule has 1 aromatic heterocycles. The van der Waals surface area contributed by atoms with Gasteiger partial charge in [-0.25, -0.2) is 0 Å². The quantitative estimate of drug-likeness (QED) is 0.850. The number of carbonyl (C=O) groups excluding carboxylic acids is 2. The fraction of sp³-hybridized carbons (Fsp3) is 0.333. The summed E-state index contributed by atoms with van der Waals surface area (Å²) in [7, 11) is 1.72.